The smallest absolute Gasteiger partial charge is 0.336 e. The molecule has 0 radical (unpaired) electrons. The van der Waals surface area contributed by atoms with Gasteiger partial charge in [-0.05, 0) is 65.2 Å². The van der Waals surface area contributed by atoms with Gasteiger partial charge in [0.2, 0.25) is 5.88 Å². The van der Waals surface area contributed by atoms with Crippen molar-refractivity contribution in [3.05, 3.63) is 136 Å². The van der Waals surface area contributed by atoms with E-state index in [0.717, 1.165) is 11.1 Å². The molecule has 1 aliphatic heterocycles. The summed E-state index contributed by atoms with van der Waals surface area (Å²) in [6, 6.07) is 25.4. The molecule has 210 valence electrons. The molecule has 1 unspecified atom stereocenters. The van der Waals surface area contributed by atoms with Gasteiger partial charge in [-0.15, -0.1) is 0 Å². The Morgan fingerprint density at radius 3 is 2.52 bits per heavy atom. The Hall–Kier alpha value is -5.26. The van der Waals surface area contributed by atoms with Gasteiger partial charge in [0.15, 0.2) is 11.5 Å². The summed E-state index contributed by atoms with van der Waals surface area (Å²) in [6.07, 6.45) is 2.92. The maximum Gasteiger partial charge on any atom is 0.336 e. The molecule has 0 aromatic heterocycles. The van der Waals surface area contributed by atoms with Gasteiger partial charge >= 0.3 is 5.97 Å². The van der Waals surface area contributed by atoms with Gasteiger partial charge in [0.1, 0.15) is 35.6 Å². The van der Waals surface area contributed by atoms with Gasteiger partial charge in [-0.25, -0.2) is 9.18 Å². The lowest BCUT2D eigenvalue weighted by Crippen LogP contribution is -2.21. The van der Waals surface area contributed by atoms with Crippen molar-refractivity contribution >= 4 is 23.6 Å². The highest BCUT2D eigenvalue weighted by atomic mass is 35.5. The quantitative estimate of drug-likeness (QED) is 0.137. The van der Waals surface area contributed by atoms with Crippen LogP contribution in [-0.4, -0.2) is 13.1 Å². The van der Waals surface area contributed by atoms with E-state index in [0.29, 0.717) is 33.4 Å². The molecule has 42 heavy (non-hydrogen) atoms. The van der Waals surface area contributed by atoms with E-state index in [1.54, 1.807) is 72.8 Å². The summed E-state index contributed by atoms with van der Waals surface area (Å²) in [5.41, 5.74) is 9.32. The number of esters is 1. The van der Waals surface area contributed by atoms with Gasteiger partial charge in [0, 0.05) is 22.7 Å². The highest BCUT2D eigenvalue weighted by Crippen LogP contribution is 2.45. The monoisotopic (exact) mass is 582 g/mol. The van der Waals surface area contributed by atoms with Crippen LogP contribution in [0.1, 0.15) is 28.2 Å². The van der Waals surface area contributed by atoms with Gasteiger partial charge in [0.25, 0.3) is 0 Å². The first kappa shape index (κ1) is 28.3. The van der Waals surface area contributed by atoms with Gasteiger partial charge in [-0.3, -0.25) is 0 Å². The summed E-state index contributed by atoms with van der Waals surface area (Å²) < 4.78 is 35.9. The molecule has 9 heteroatoms. The summed E-state index contributed by atoms with van der Waals surface area (Å²) in [7, 11) is 1.51. The Morgan fingerprint density at radius 1 is 1.05 bits per heavy atom. The zero-order valence-electron chi connectivity index (χ0n) is 22.3. The fourth-order valence-electron chi connectivity index (χ4n) is 4.46. The minimum absolute atomic E-state index is 0.0586. The van der Waals surface area contributed by atoms with Crippen molar-refractivity contribution in [2.75, 3.05) is 7.11 Å². The first-order valence-corrected chi connectivity index (χ1v) is 13.1. The molecule has 1 atom stereocenters. The van der Waals surface area contributed by atoms with Crippen molar-refractivity contribution in [3.8, 4) is 29.1 Å². The number of nitriles is 1. The Morgan fingerprint density at radius 2 is 1.81 bits per heavy atom. The molecular formula is C33H24ClFN2O5. The third-order valence-electron chi connectivity index (χ3n) is 6.52. The van der Waals surface area contributed by atoms with E-state index in [-0.39, 0.29) is 29.6 Å². The molecule has 0 saturated carbocycles. The molecule has 0 saturated heterocycles. The van der Waals surface area contributed by atoms with Crippen molar-refractivity contribution in [2.24, 2.45) is 5.73 Å². The summed E-state index contributed by atoms with van der Waals surface area (Å²) in [4.78, 5) is 12.4. The van der Waals surface area contributed by atoms with Gasteiger partial charge < -0.3 is 24.7 Å². The lowest BCUT2D eigenvalue weighted by molar-refractivity contribution is -0.128. The van der Waals surface area contributed by atoms with E-state index in [1.165, 1.54) is 25.3 Å². The van der Waals surface area contributed by atoms with Crippen molar-refractivity contribution in [1.82, 2.24) is 0 Å². The minimum Gasteiger partial charge on any atom is -0.493 e. The molecular weight excluding hydrogens is 559 g/mol. The Balaban J connectivity index is 1.38. The second kappa shape index (κ2) is 12.5. The van der Waals surface area contributed by atoms with Crippen molar-refractivity contribution in [3.63, 3.8) is 0 Å². The maximum absolute atomic E-state index is 13.2. The number of methoxy groups -OCH3 is 1. The van der Waals surface area contributed by atoms with E-state index in [1.807, 2.05) is 6.07 Å². The number of hydrogen-bond acceptors (Lipinski definition) is 7. The number of nitrogens with two attached hydrogens (primary N) is 1. The molecule has 0 amide bonds. The van der Waals surface area contributed by atoms with Crippen molar-refractivity contribution in [2.45, 2.75) is 12.5 Å². The van der Waals surface area contributed by atoms with Crippen LogP contribution >= 0.6 is 11.6 Å². The molecule has 2 N–H and O–H groups in total. The molecule has 4 aromatic carbocycles. The normalized spacial score (nSPS) is 14.1. The van der Waals surface area contributed by atoms with Crippen LogP contribution < -0.4 is 24.7 Å². The van der Waals surface area contributed by atoms with Crippen LogP contribution in [0.3, 0.4) is 0 Å². The SMILES string of the molecule is COc1cc(C2C(C#N)=C(N)Oc3cc(OC(=O)/C=C/c4ccc(Cl)cc4)ccc32)ccc1OCc1ccc(F)cc1. The number of fused-ring (bicyclic) bond motifs is 1. The fraction of sp³-hybridized carbons (Fsp3) is 0.0909. The van der Waals surface area contributed by atoms with E-state index in [4.69, 9.17) is 36.3 Å². The third-order valence-corrected chi connectivity index (χ3v) is 6.77. The zero-order valence-corrected chi connectivity index (χ0v) is 23.1. The number of nitrogens with zero attached hydrogens (tertiary/aromatic N) is 1. The zero-order chi connectivity index (χ0) is 29.6. The molecule has 0 bridgehead atoms. The number of halogens is 2. The number of benzene rings is 4. The number of hydrogen-bond donors (Lipinski definition) is 1. The summed E-state index contributed by atoms with van der Waals surface area (Å²) in [5, 5.41) is 10.5. The molecule has 4 aromatic rings. The molecule has 0 aliphatic carbocycles. The third kappa shape index (κ3) is 6.38. The Labute approximate surface area is 246 Å². The van der Waals surface area contributed by atoms with Gasteiger partial charge in [0.05, 0.1) is 13.0 Å². The highest BCUT2D eigenvalue weighted by molar-refractivity contribution is 6.30. The van der Waals surface area contributed by atoms with Crippen LogP contribution in [0, 0.1) is 17.1 Å². The van der Waals surface area contributed by atoms with Crippen LogP contribution in [0.4, 0.5) is 4.39 Å². The molecule has 7 nitrogen and oxygen atoms in total. The number of rotatable bonds is 8. The molecule has 1 aliphatic rings. The number of allylic oxidation sites excluding steroid dienone is 1. The largest absolute Gasteiger partial charge is 0.493 e. The first-order chi connectivity index (χ1) is 20.3. The second-order valence-corrected chi connectivity index (χ2v) is 9.69. The van der Waals surface area contributed by atoms with Crippen LogP contribution in [-0.2, 0) is 11.4 Å². The van der Waals surface area contributed by atoms with Crippen LogP contribution in [0.5, 0.6) is 23.0 Å². The maximum atomic E-state index is 13.2. The Kier molecular flexibility index (Phi) is 8.42. The summed E-state index contributed by atoms with van der Waals surface area (Å²) >= 11 is 5.90. The van der Waals surface area contributed by atoms with Gasteiger partial charge in [-0.2, -0.15) is 5.26 Å². The highest BCUT2D eigenvalue weighted by Gasteiger charge is 2.31. The fourth-order valence-corrected chi connectivity index (χ4v) is 4.58. The molecule has 1 heterocycles. The van der Waals surface area contributed by atoms with Gasteiger partial charge in [-0.1, -0.05) is 48.0 Å². The van der Waals surface area contributed by atoms with E-state index in [9.17, 15) is 14.4 Å². The van der Waals surface area contributed by atoms with E-state index < -0.39 is 11.9 Å². The van der Waals surface area contributed by atoms with Crippen LogP contribution in [0.2, 0.25) is 5.02 Å². The van der Waals surface area contributed by atoms with Crippen LogP contribution in [0.25, 0.3) is 6.08 Å². The lowest BCUT2D eigenvalue weighted by Gasteiger charge is -2.27. The molecule has 0 spiro atoms. The van der Waals surface area contributed by atoms with E-state index in [2.05, 4.69) is 6.07 Å². The predicted octanol–water partition coefficient (Wildman–Crippen LogP) is 6.90. The topological polar surface area (TPSA) is 104 Å². The number of carbonyl (C=O) groups excluding carboxylic acids is 1. The lowest BCUT2D eigenvalue weighted by atomic mass is 9.83. The van der Waals surface area contributed by atoms with E-state index >= 15 is 0 Å². The molecule has 0 fully saturated rings. The average Bonchev–Trinajstić information content (AvgIpc) is 2.99. The van der Waals surface area contributed by atoms with Crippen molar-refractivity contribution < 1.29 is 28.1 Å². The average molecular weight is 583 g/mol. The van der Waals surface area contributed by atoms with Crippen molar-refractivity contribution in [1.29, 1.82) is 5.26 Å². The minimum atomic E-state index is -0.584. The second-order valence-electron chi connectivity index (χ2n) is 9.26. The summed E-state index contributed by atoms with van der Waals surface area (Å²) in [5.74, 6) is -0.0368. The van der Waals surface area contributed by atoms with Crippen LogP contribution in [0.15, 0.2) is 102 Å². The number of carbonyl (C=O) groups is 1. The standard InChI is InChI=1S/C33H24ClFN2O5/c1-39-30-16-22(7-14-28(30)40-19-21-4-10-24(35)11-5-21)32-26-13-12-25(17-29(26)42-33(37)27(32)18-36)41-31(38)15-6-20-2-8-23(34)9-3-20/h2-17,32H,19,37H2,1H3/b15-6+. The predicted molar refractivity (Wildman–Crippen MR) is 156 cm³/mol. The molecule has 5 rings (SSSR count). The summed E-state index contributed by atoms with van der Waals surface area (Å²) in [6.45, 7) is 0.211. The number of ether oxygens (including phenoxy) is 4. The Bertz CT molecular complexity index is 1730. The first-order valence-electron chi connectivity index (χ1n) is 12.8.